The molecule has 4 heteroatoms. The number of rotatable bonds is 3. The molecule has 2 rings (SSSR count). The van der Waals surface area contributed by atoms with E-state index in [4.69, 9.17) is 0 Å². The maximum Gasteiger partial charge on any atom is 0.416 e. The number of nitrogens with one attached hydrogen (secondary N) is 1. The third-order valence-corrected chi connectivity index (χ3v) is 3.18. The quantitative estimate of drug-likeness (QED) is 0.840. The largest absolute Gasteiger partial charge is 0.416 e. The number of alkyl halides is 3. The van der Waals surface area contributed by atoms with Crippen molar-refractivity contribution in [1.82, 2.24) is 5.32 Å². The zero-order valence-electron chi connectivity index (χ0n) is 9.06. The van der Waals surface area contributed by atoms with Crippen molar-refractivity contribution in [2.45, 2.75) is 31.0 Å². The van der Waals surface area contributed by atoms with E-state index in [1.54, 1.807) is 6.07 Å². The second-order valence-electron chi connectivity index (χ2n) is 4.41. The Morgan fingerprint density at radius 2 is 2.00 bits per heavy atom. The van der Waals surface area contributed by atoms with Gasteiger partial charge < -0.3 is 5.32 Å². The first kappa shape index (κ1) is 11.5. The Morgan fingerprint density at radius 3 is 2.50 bits per heavy atom. The van der Waals surface area contributed by atoms with E-state index < -0.39 is 11.7 Å². The van der Waals surface area contributed by atoms with Gasteiger partial charge in [0.05, 0.1) is 5.56 Å². The van der Waals surface area contributed by atoms with E-state index in [0.717, 1.165) is 24.5 Å². The van der Waals surface area contributed by atoms with Crippen LogP contribution in [0, 0.1) is 0 Å². The van der Waals surface area contributed by atoms with Crippen LogP contribution in [-0.4, -0.2) is 12.6 Å². The highest BCUT2D eigenvalue weighted by atomic mass is 19.4. The van der Waals surface area contributed by atoms with Crippen LogP contribution in [0.15, 0.2) is 24.3 Å². The number of halogens is 3. The van der Waals surface area contributed by atoms with Gasteiger partial charge in [0.2, 0.25) is 0 Å². The highest BCUT2D eigenvalue weighted by molar-refractivity contribution is 5.28. The molecule has 0 radical (unpaired) electrons. The summed E-state index contributed by atoms with van der Waals surface area (Å²) in [5, 5.41) is 3.18. The maximum atomic E-state index is 12.5. The van der Waals surface area contributed by atoms with Gasteiger partial charge >= 0.3 is 6.18 Å². The molecule has 1 aliphatic rings. The highest BCUT2D eigenvalue weighted by Crippen LogP contribution is 2.39. The molecule has 16 heavy (non-hydrogen) atoms. The van der Waals surface area contributed by atoms with Crippen molar-refractivity contribution < 1.29 is 13.2 Å². The number of hydrogen-bond donors (Lipinski definition) is 1. The van der Waals surface area contributed by atoms with Crippen molar-refractivity contribution in [2.75, 3.05) is 7.05 Å². The van der Waals surface area contributed by atoms with Crippen LogP contribution in [0.3, 0.4) is 0 Å². The van der Waals surface area contributed by atoms with Gasteiger partial charge in [0.25, 0.3) is 0 Å². The molecular formula is C12H14F3N. The SMILES string of the molecule is CNC1(Cc2cccc(C(F)(F)F)c2)CC1. The van der Waals surface area contributed by atoms with Crippen molar-refractivity contribution >= 4 is 0 Å². The second-order valence-corrected chi connectivity index (χ2v) is 4.41. The Balaban J connectivity index is 2.17. The first-order chi connectivity index (χ1) is 7.45. The van der Waals surface area contributed by atoms with Gasteiger partial charge in [-0.2, -0.15) is 13.2 Å². The van der Waals surface area contributed by atoms with Crippen LogP contribution < -0.4 is 5.32 Å². The molecule has 1 aromatic rings. The Morgan fingerprint density at radius 1 is 1.31 bits per heavy atom. The van der Waals surface area contributed by atoms with Crippen LogP contribution in [0.25, 0.3) is 0 Å². The summed E-state index contributed by atoms with van der Waals surface area (Å²) in [6.45, 7) is 0. The normalized spacial score (nSPS) is 18.5. The van der Waals surface area contributed by atoms with Gasteiger partial charge in [-0.15, -0.1) is 0 Å². The number of benzene rings is 1. The van der Waals surface area contributed by atoms with Crippen LogP contribution in [0.5, 0.6) is 0 Å². The summed E-state index contributed by atoms with van der Waals surface area (Å²) in [4.78, 5) is 0. The molecule has 0 spiro atoms. The third-order valence-electron chi connectivity index (χ3n) is 3.18. The topological polar surface area (TPSA) is 12.0 Å². The predicted octanol–water partition coefficient (Wildman–Crippen LogP) is 3.00. The molecule has 0 aromatic heterocycles. The van der Waals surface area contributed by atoms with Gasteiger partial charge in [0.1, 0.15) is 0 Å². The van der Waals surface area contributed by atoms with Crippen molar-refractivity contribution in [3.05, 3.63) is 35.4 Å². The van der Waals surface area contributed by atoms with Crippen LogP contribution in [0.1, 0.15) is 24.0 Å². The zero-order valence-corrected chi connectivity index (χ0v) is 9.06. The third kappa shape index (κ3) is 2.38. The molecule has 1 N–H and O–H groups in total. The van der Waals surface area contributed by atoms with E-state index in [9.17, 15) is 13.2 Å². The number of likely N-dealkylation sites (N-methyl/N-ethyl adjacent to an activating group) is 1. The van der Waals surface area contributed by atoms with E-state index in [-0.39, 0.29) is 5.54 Å². The molecule has 88 valence electrons. The highest BCUT2D eigenvalue weighted by Gasteiger charge is 2.41. The van der Waals surface area contributed by atoms with E-state index in [0.29, 0.717) is 6.42 Å². The summed E-state index contributed by atoms with van der Waals surface area (Å²) in [7, 11) is 1.86. The summed E-state index contributed by atoms with van der Waals surface area (Å²) in [5.41, 5.74) is 0.239. The van der Waals surface area contributed by atoms with E-state index in [2.05, 4.69) is 5.32 Å². The van der Waals surface area contributed by atoms with Crippen LogP contribution in [-0.2, 0) is 12.6 Å². The first-order valence-corrected chi connectivity index (χ1v) is 5.30. The van der Waals surface area contributed by atoms with E-state index >= 15 is 0 Å². The molecule has 1 aromatic carbocycles. The van der Waals surface area contributed by atoms with Gasteiger partial charge in [-0.1, -0.05) is 18.2 Å². The van der Waals surface area contributed by atoms with Crippen LogP contribution in [0.2, 0.25) is 0 Å². The average molecular weight is 229 g/mol. The Labute approximate surface area is 92.7 Å². The monoisotopic (exact) mass is 229 g/mol. The van der Waals surface area contributed by atoms with Gasteiger partial charge in [-0.25, -0.2) is 0 Å². The fraction of sp³-hybridized carbons (Fsp3) is 0.500. The molecule has 1 saturated carbocycles. The minimum atomic E-state index is -4.24. The maximum absolute atomic E-state index is 12.5. The lowest BCUT2D eigenvalue weighted by atomic mass is 10.0. The summed E-state index contributed by atoms with van der Waals surface area (Å²) in [6, 6.07) is 5.59. The smallest absolute Gasteiger partial charge is 0.314 e. The molecule has 0 bridgehead atoms. The predicted molar refractivity (Wildman–Crippen MR) is 56.2 cm³/mol. The summed E-state index contributed by atoms with van der Waals surface area (Å²) in [5.74, 6) is 0. The minimum absolute atomic E-state index is 0.0459. The van der Waals surface area contributed by atoms with Gasteiger partial charge in [-0.3, -0.25) is 0 Å². The molecule has 0 amide bonds. The van der Waals surface area contributed by atoms with Gasteiger partial charge in [-0.05, 0) is 37.9 Å². The lowest BCUT2D eigenvalue weighted by Crippen LogP contribution is -2.29. The Kier molecular flexibility index (Phi) is 2.70. The number of hydrogen-bond acceptors (Lipinski definition) is 1. The summed E-state index contributed by atoms with van der Waals surface area (Å²) >= 11 is 0. The fourth-order valence-electron chi connectivity index (χ4n) is 1.91. The second kappa shape index (κ2) is 3.77. The van der Waals surface area contributed by atoms with Crippen molar-refractivity contribution in [1.29, 1.82) is 0 Å². The summed E-state index contributed by atoms with van der Waals surface area (Å²) in [6.07, 6.45) is -1.49. The minimum Gasteiger partial charge on any atom is -0.314 e. The van der Waals surface area contributed by atoms with Gasteiger partial charge in [0.15, 0.2) is 0 Å². The van der Waals surface area contributed by atoms with Crippen LogP contribution in [0.4, 0.5) is 13.2 Å². The van der Waals surface area contributed by atoms with Crippen molar-refractivity contribution in [3.8, 4) is 0 Å². The summed E-state index contributed by atoms with van der Waals surface area (Å²) < 4.78 is 37.4. The zero-order chi connectivity index (χ0) is 11.8. The molecule has 1 nitrogen and oxygen atoms in total. The molecule has 0 aliphatic heterocycles. The fourth-order valence-corrected chi connectivity index (χ4v) is 1.91. The molecule has 0 heterocycles. The average Bonchev–Trinajstić information content (AvgIpc) is 2.98. The van der Waals surface area contributed by atoms with E-state index in [1.807, 2.05) is 7.05 Å². The molecule has 0 atom stereocenters. The van der Waals surface area contributed by atoms with Crippen LogP contribution >= 0.6 is 0 Å². The van der Waals surface area contributed by atoms with Crippen molar-refractivity contribution in [2.24, 2.45) is 0 Å². The Bertz CT molecular complexity index is 380. The van der Waals surface area contributed by atoms with Gasteiger partial charge in [0, 0.05) is 5.54 Å². The molecule has 0 saturated heterocycles. The molecule has 0 unspecified atom stereocenters. The molecular weight excluding hydrogens is 215 g/mol. The lowest BCUT2D eigenvalue weighted by molar-refractivity contribution is -0.137. The Hall–Kier alpha value is -1.03. The van der Waals surface area contributed by atoms with E-state index in [1.165, 1.54) is 12.1 Å². The lowest BCUT2D eigenvalue weighted by Gasteiger charge is -2.15. The molecule has 1 aliphatic carbocycles. The standard InChI is InChI=1S/C12H14F3N/c1-16-11(5-6-11)8-9-3-2-4-10(7-9)12(13,14)15/h2-4,7,16H,5-6,8H2,1H3. The first-order valence-electron chi connectivity index (χ1n) is 5.30. The van der Waals surface area contributed by atoms with Crippen molar-refractivity contribution in [3.63, 3.8) is 0 Å². The molecule has 1 fully saturated rings.